The number of benzene rings is 2. The fourth-order valence-electron chi connectivity index (χ4n) is 2.07. The van der Waals surface area contributed by atoms with Crippen molar-refractivity contribution in [2.75, 3.05) is 13.2 Å². The molecule has 1 aliphatic heterocycles. The zero-order valence-corrected chi connectivity index (χ0v) is 14.4. The Kier molecular flexibility index (Phi) is 4.25. The molecule has 0 saturated carbocycles. The molecule has 1 saturated heterocycles. The highest BCUT2D eigenvalue weighted by atomic mass is 79.9. The average Bonchev–Trinajstić information content (AvgIpc) is 3.29. The molecule has 0 radical (unpaired) electrons. The van der Waals surface area contributed by atoms with Crippen molar-refractivity contribution in [3.8, 4) is 5.75 Å². The Morgan fingerprint density at radius 3 is 2.73 bits per heavy atom. The van der Waals surface area contributed by atoms with Gasteiger partial charge in [-0.2, -0.15) is 0 Å². The van der Waals surface area contributed by atoms with Crippen LogP contribution in [-0.4, -0.2) is 27.7 Å². The minimum absolute atomic E-state index is 0.0634. The van der Waals surface area contributed by atoms with Crippen LogP contribution < -0.4 is 4.74 Å². The van der Waals surface area contributed by atoms with Crippen molar-refractivity contribution in [3.05, 3.63) is 52.5 Å². The molecule has 1 aliphatic rings. The van der Waals surface area contributed by atoms with Gasteiger partial charge in [0.2, 0.25) is 9.84 Å². The molecule has 0 bridgehead atoms. The van der Waals surface area contributed by atoms with E-state index in [1.807, 2.05) is 13.0 Å². The van der Waals surface area contributed by atoms with E-state index in [1.54, 1.807) is 36.4 Å². The van der Waals surface area contributed by atoms with Gasteiger partial charge in [0.05, 0.1) is 11.5 Å². The summed E-state index contributed by atoms with van der Waals surface area (Å²) in [5.41, 5.74) is 0.895. The van der Waals surface area contributed by atoms with Gasteiger partial charge >= 0.3 is 0 Å². The molecule has 6 heteroatoms. The molecule has 0 aliphatic carbocycles. The van der Waals surface area contributed by atoms with Crippen molar-refractivity contribution >= 4 is 25.8 Å². The lowest BCUT2D eigenvalue weighted by atomic mass is 10.2. The van der Waals surface area contributed by atoms with E-state index in [9.17, 15) is 8.42 Å². The van der Waals surface area contributed by atoms with E-state index >= 15 is 0 Å². The van der Waals surface area contributed by atoms with Gasteiger partial charge in [0, 0.05) is 4.47 Å². The summed E-state index contributed by atoms with van der Waals surface area (Å²) in [7, 11) is -3.62. The van der Waals surface area contributed by atoms with Gasteiger partial charge in [-0.1, -0.05) is 28.1 Å². The molecular weight excluding hydrogens is 368 g/mol. The van der Waals surface area contributed by atoms with Crippen LogP contribution in [0.4, 0.5) is 0 Å². The Hall–Kier alpha value is -1.37. The molecule has 116 valence electrons. The maximum Gasteiger partial charge on any atom is 0.210 e. The van der Waals surface area contributed by atoms with Crippen LogP contribution in [0.1, 0.15) is 5.56 Å². The van der Waals surface area contributed by atoms with Crippen LogP contribution >= 0.6 is 15.9 Å². The molecule has 0 spiro atoms. The second-order valence-corrected chi connectivity index (χ2v) is 8.01. The largest absolute Gasteiger partial charge is 0.489 e. The number of ether oxygens (including phenoxy) is 2. The highest BCUT2D eigenvalue weighted by Crippen LogP contribution is 2.32. The second-order valence-electron chi connectivity index (χ2n) is 5.18. The molecule has 22 heavy (non-hydrogen) atoms. The Bertz CT molecular complexity index is 798. The van der Waals surface area contributed by atoms with Gasteiger partial charge < -0.3 is 9.47 Å². The number of epoxide rings is 1. The van der Waals surface area contributed by atoms with Gasteiger partial charge in [0.1, 0.15) is 23.4 Å². The van der Waals surface area contributed by atoms with Crippen molar-refractivity contribution in [2.24, 2.45) is 0 Å². The quantitative estimate of drug-likeness (QED) is 0.743. The highest BCUT2D eigenvalue weighted by molar-refractivity contribution is 9.10. The molecular formula is C16H15BrO4S. The van der Waals surface area contributed by atoms with Crippen molar-refractivity contribution in [3.63, 3.8) is 0 Å². The molecule has 2 aromatic carbocycles. The van der Waals surface area contributed by atoms with Gasteiger partial charge in [0.25, 0.3) is 0 Å². The summed E-state index contributed by atoms with van der Waals surface area (Å²) in [6.45, 7) is 2.88. The molecule has 2 aromatic rings. The Balaban J connectivity index is 2.01. The zero-order valence-electron chi connectivity index (χ0n) is 12.0. The third kappa shape index (κ3) is 3.34. The summed E-state index contributed by atoms with van der Waals surface area (Å²) in [4.78, 5) is 0.435. The number of halogens is 1. The van der Waals surface area contributed by atoms with Crippen molar-refractivity contribution in [2.45, 2.75) is 22.8 Å². The number of hydrogen-bond acceptors (Lipinski definition) is 4. The minimum atomic E-state index is -3.62. The summed E-state index contributed by atoms with van der Waals surface area (Å²) < 4.78 is 37.2. The topological polar surface area (TPSA) is 55.9 Å². The van der Waals surface area contributed by atoms with E-state index in [0.717, 1.165) is 10.0 Å². The third-order valence-corrected chi connectivity index (χ3v) is 5.61. The Morgan fingerprint density at radius 2 is 2.05 bits per heavy atom. The number of aryl methyl sites for hydroxylation is 1. The molecule has 1 heterocycles. The molecule has 3 rings (SSSR count). The predicted molar refractivity (Wildman–Crippen MR) is 86.0 cm³/mol. The molecule has 0 amide bonds. The van der Waals surface area contributed by atoms with Crippen LogP contribution in [0.15, 0.2) is 56.7 Å². The summed E-state index contributed by atoms with van der Waals surface area (Å²) in [6.07, 6.45) is 0.0634. The lowest BCUT2D eigenvalue weighted by Crippen LogP contribution is -2.09. The summed E-state index contributed by atoms with van der Waals surface area (Å²) >= 11 is 3.35. The molecule has 0 aromatic heterocycles. The van der Waals surface area contributed by atoms with E-state index < -0.39 is 9.84 Å². The Morgan fingerprint density at radius 1 is 1.27 bits per heavy atom. The maximum absolute atomic E-state index is 12.9. The molecule has 0 N–H and O–H groups in total. The van der Waals surface area contributed by atoms with Crippen molar-refractivity contribution < 1.29 is 17.9 Å². The maximum atomic E-state index is 12.9. The van der Waals surface area contributed by atoms with E-state index in [1.165, 1.54) is 0 Å². The van der Waals surface area contributed by atoms with Crippen LogP contribution in [0.2, 0.25) is 0 Å². The lowest BCUT2D eigenvalue weighted by Gasteiger charge is -2.12. The standard InChI is InChI=1S/C16H15BrO4S/c1-11-3-2-4-14(7-11)22(18,19)16-6-5-12(17)8-15(16)21-10-13-9-20-13/h2-8,13H,9-10H2,1H3. The molecule has 1 atom stereocenters. The van der Waals surface area contributed by atoms with Crippen molar-refractivity contribution in [1.82, 2.24) is 0 Å². The van der Waals surface area contributed by atoms with E-state index in [0.29, 0.717) is 19.0 Å². The minimum Gasteiger partial charge on any atom is -0.489 e. The Labute approximate surface area is 138 Å². The number of rotatable bonds is 5. The first-order valence-electron chi connectivity index (χ1n) is 6.82. The van der Waals surface area contributed by atoms with E-state index in [4.69, 9.17) is 9.47 Å². The third-order valence-electron chi connectivity index (χ3n) is 3.32. The van der Waals surface area contributed by atoms with Crippen LogP contribution in [0.3, 0.4) is 0 Å². The van der Waals surface area contributed by atoms with Gasteiger partial charge in [0.15, 0.2) is 0 Å². The fourth-order valence-corrected chi connectivity index (χ4v) is 3.90. The average molecular weight is 383 g/mol. The summed E-state index contributed by atoms with van der Waals surface area (Å²) in [6, 6.07) is 11.8. The van der Waals surface area contributed by atoms with Gasteiger partial charge in [-0.05, 0) is 42.8 Å². The first-order valence-corrected chi connectivity index (χ1v) is 9.10. The molecule has 1 unspecified atom stereocenters. The normalized spacial score (nSPS) is 17.3. The van der Waals surface area contributed by atoms with Gasteiger partial charge in [-0.15, -0.1) is 0 Å². The van der Waals surface area contributed by atoms with E-state index in [2.05, 4.69) is 15.9 Å². The highest BCUT2D eigenvalue weighted by Gasteiger charge is 2.26. The fraction of sp³-hybridized carbons (Fsp3) is 0.250. The summed E-state index contributed by atoms with van der Waals surface area (Å²) in [5, 5.41) is 0. The van der Waals surface area contributed by atoms with Gasteiger partial charge in [-0.25, -0.2) is 8.42 Å². The van der Waals surface area contributed by atoms with Crippen LogP contribution in [0, 0.1) is 6.92 Å². The molecule has 4 nitrogen and oxygen atoms in total. The van der Waals surface area contributed by atoms with Crippen LogP contribution in [0.5, 0.6) is 5.75 Å². The first-order chi connectivity index (χ1) is 10.5. The number of hydrogen-bond donors (Lipinski definition) is 0. The number of sulfone groups is 1. The zero-order chi connectivity index (χ0) is 15.7. The first kappa shape index (κ1) is 15.5. The van der Waals surface area contributed by atoms with E-state index in [-0.39, 0.29) is 15.9 Å². The van der Waals surface area contributed by atoms with Gasteiger partial charge in [-0.3, -0.25) is 0 Å². The monoisotopic (exact) mass is 382 g/mol. The van der Waals surface area contributed by atoms with Crippen LogP contribution in [-0.2, 0) is 14.6 Å². The van der Waals surface area contributed by atoms with Crippen molar-refractivity contribution in [1.29, 1.82) is 0 Å². The molecule has 1 fully saturated rings. The summed E-state index contributed by atoms with van der Waals surface area (Å²) in [5.74, 6) is 0.339. The predicted octanol–water partition coefficient (Wildman–Crippen LogP) is 3.37. The van der Waals surface area contributed by atoms with Crippen LogP contribution in [0.25, 0.3) is 0 Å². The lowest BCUT2D eigenvalue weighted by molar-refractivity contribution is 0.258. The smallest absolute Gasteiger partial charge is 0.210 e. The second kappa shape index (κ2) is 6.02. The SMILES string of the molecule is Cc1cccc(S(=O)(=O)c2ccc(Br)cc2OCC2CO2)c1.